The summed E-state index contributed by atoms with van der Waals surface area (Å²) in [5, 5.41) is 3.72. The fraction of sp³-hybridized carbons (Fsp3) is 1.00. The molecule has 1 aliphatic heterocycles. The highest BCUT2D eigenvalue weighted by atomic mass is 16.5. The van der Waals surface area contributed by atoms with E-state index in [0.29, 0.717) is 18.2 Å². The third-order valence-corrected chi connectivity index (χ3v) is 4.37. The van der Waals surface area contributed by atoms with Gasteiger partial charge >= 0.3 is 0 Å². The van der Waals surface area contributed by atoms with E-state index in [2.05, 4.69) is 24.1 Å². The van der Waals surface area contributed by atoms with Gasteiger partial charge in [0, 0.05) is 25.2 Å². The highest BCUT2D eigenvalue weighted by Crippen LogP contribution is 2.29. The van der Waals surface area contributed by atoms with Crippen LogP contribution in [0.25, 0.3) is 0 Å². The van der Waals surface area contributed by atoms with Crippen LogP contribution in [0.5, 0.6) is 0 Å². The topological polar surface area (TPSA) is 24.5 Å². The largest absolute Gasteiger partial charge is 0.375 e. The summed E-state index contributed by atoms with van der Waals surface area (Å²) >= 11 is 0. The molecule has 3 atom stereocenters. The van der Waals surface area contributed by atoms with Gasteiger partial charge in [0.25, 0.3) is 0 Å². The van der Waals surface area contributed by atoms with Gasteiger partial charge in [-0.15, -0.1) is 0 Å². The van der Waals surface area contributed by atoms with Crippen LogP contribution in [-0.4, -0.2) is 49.3 Å². The van der Waals surface area contributed by atoms with E-state index in [9.17, 15) is 0 Å². The molecular formula is C15H30N2O. The Morgan fingerprint density at radius 1 is 1.28 bits per heavy atom. The van der Waals surface area contributed by atoms with Crippen LogP contribution in [0.1, 0.15) is 52.4 Å². The summed E-state index contributed by atoms with van der Waals surface area (Å²) in [6.45, 7) is 8.99. The number of hydrogen-bond donors (Lipinski definition) is 1. The van der Waals surface area contributed by atoms with Gasteiger partial charge in [-0.2, -0.15) is 0 Å². The van der Waals surface area contributed by atoms with E-state index in [4.69, 9.17) is 4.74 Å². The van der Waals surface area contributed by atoms with Gasteiger partial charge in [0.1, 0.15) is 0 Å². The normalized spacial score (nSPS) is 30.3. The Labute approximate surface area is 112 Å². The molecule has 2 aliphatic rings. The smallest absolute Gasteiger partial charge is 0.0730 e. The summed E-state index contributed by atoms with van der Waals surface area (Å²) in [5.74, 6) is 0. The molecule has 18 heavy (non-hydrogen) atoms. The number of morpholine rings is 1. The van der Waals surface area contributed by atoms with E-state index in [1.54, 1.807) is 0 Å². The lowest BCUT2D eigenvalue weighted by Gasteiger charge is -2.39. The Hall–Kier alpha value is -0.120. The molecule has 0 radical (unpaired) electrons. The number of fused-ring (bicyclic) bond motifs is 1. The molecule has 0 spiro atoms. The second-order valence-corrected chi connectivity index (χ2v) is 5.84. The first-order valence-electron chi connectivity index (χ1n) is 7.94. The fourth-order valence-corrected chi connectivity index (χ4v) is 3.47. The lowest BCUT2D eigenvalue weighted by molar-refractivity contribution is -0.0583. The molecule has 1 N–H and O–H groups in total. The molecule has 0 bridgehead atoms. The Morgan fingerprint density at radius 3 is 2.94 bits per heavy atom. The predicted molar refractivity (Wildman–Crippen MR) is 75.9 cm³/mol. The van der Waals surface area contributed by atoms with E-state index in [-0.39, 0.29) is 0 Å². The van der Waals surface area contributed by atoms with Gasteiger partial charge < -0.3 is 10.1 Å². The second-order valence-electron chi connectivity index (χ2n) is 5.84. The average molecular weight is 254 g/mol. The zero-order chi connectivity index (χ0) is 12.8. The summed E-state index contributed by atoms with van der Waals surface area (Å²) in [6.07, 6.45) is 8.32. The lowest BCUT2D eigenvalue weighted by Crippen LogP contribution is -2.53. The van der Waals surface area contributed by atoms with Gasteiger partial charge in [-0.25, -0.2) is 0 Å². The summed E-state index contributed by atoms with van der Waals surface area (Å²) in [5.41, 5.74) is 0. The van der Waals surface area contributed by atoms with Gasteiger partial charge in [0.15, 0.2) is 0 Å². The van der Waals surface area contributed by atoms with Gasteiger partial charge in [0.05, 0.1) is 12.7 Å². The van der Waals surface area contributed by atoms with Gasteiger partial charge in [-0.3, -0.25) is 4.90 Å². The van der Waals surface area contributed by atoms with Crippen molar-refractivity contribution in [1.29, 1.82) is 0 Å². The maximum absolute atomic E-state index is 5.89. The summed E-state index contributed by atoms with van der Waals surface area (Å²) in [4.78, 5) is 2.70. The number of ether oxygens (including phenoxy) is 1. The molecule has 3 heteroatoms. The Balaban J connectivity index is 1.84. The third-order valence-electron chi connectivity index (χ3n) is 4.37. The molecule has 1 aliphatic carbocycles. The number of nitrogens with zero attached hydrogens (tertiary/aromatic N) is 1. The maximum Gasteiger partial charge on any atom is 0.0730 e. The quantitative estimate of drug-likeness (QED) is 0.755. The Morgan fingerprint density at radius 2 is 2.17 bits per heavy atom. The standard InChI is InChI=1S/C15H30N2O/c1-3-6-13(16-9-4-2)12-17-10-11-18-15-8-5-7-14(15)17/h13-16H,3-12H2,1-2H3. The number of nitrogens with one attached hydrogen (secondary N) is 1. The van der Waals surface area contributed by atoms with Crippen LogP contribution < -0.4 is 5.32 Å². The number of hydrogen-bond acceptors (Lipinski definition) is 3. The molecule has 1 saturated heterocycles. The molecule has 106 valence electrons. The summed E-state index contributed by atoms with van der Waals surface area (Å²) in [6, 6.07) is 1.39. The molecule has 2 fully saturated rings. The first kappa shape index (κ1) is 14.3. The minimum Gasteiger partial charge on any atom is -0.375 e. The molecule has 2 rings (SSSR count). The zero-order valence-corrected chi connectivity index (χ0v) is 12.2. The van der Waals surface area contributed by atoms with E-state index < -0.39 is 0 Å². The van der Waals surface area contributed by atoms with E-state index in [1.165, 1.54) is 45.1 Å². The number of rotatable bonds is 7. The summed E-state index contributed by atoms with van der Waals surface area (Å²) in [7, 11) is 0. The van der Waals surface area contributed by atoms with E-state index >= 15 is 0 Å². The van der Waals surface area contributed by atoms with Crippen molar-refractivity contribution < 1.29 is 4.74 Å². The van der Waals surface area contributed by atoms with Crippen LogP contribution in [0.3, 0.4) is 0 Å². The monoisotopic (exact) mass is 254 g/mol. The van der Waals surface area contributed by atoms with Crippen molar-refractivity contribution in [3.63, 3.8) is 0 Å². The molecule has 1 heterocycles. The first-order valence-corrected chi connectivity index (χ1v) is 7.94. The van der Waals surface area contributed by atoms with Crippen LogP contribution in [0, 0.1) is 0 Å². The zero-order valence-electron chi connectivity index (χ0n) is 12.2. The SMILES string of the molecule is CCCNC(CCC)CN1CCOC2CCCC21. The molecule has 3 nitrogen and oxygen atoms in total. The van der Waals surface area contributed by atoms with Crippen LogP contribution >= 0.6 is 0 Å². The van der Waals surface area contributed by atoms with E-state index in [1.807, 2.05) is 0 Å². The molecule has 0 aromatic rings. The molecule has 3 unspecified atom stereocenters. The summed E-state index contributed by atoms with van der Waals surface area (Å²) < 4.78 is 5.89. The highest BCUT2D eigenvalue weighted by Gasteiger charge is 2.36. The predicted octanol–water partition coefficient (Wildman–Crippen LogP) is 2.41. The van der Waals surface area contributed by atoms with Crippen LogP contribution in [0.2, 0.25) is 0 Å². The van der Waals surface area contributed by atoms with Crippen LogP contribution in [0.4, 0.5) is 0 Å². The Bertz CT molecular complexity index is 235. The minimum absolute atomic E-state index is 0.534. The second kappa shape index (κ2) is 7.46. The van der Waals surface area contributed by atoms with Gasteiger partial charge in [0.2, 0.25) is 0 Å². The lowest BCUT2D eigenvalue weighted by atomic mass is 10.1. The van der Waals surface area contributed by atoms with Crippen molar-refractivity contribution >= 4 is 0 Å². The first-order chi connectivity index (χ1) is 8.85. The van der Waals surface area contributed by atoms with Crippen molar-refractivity contribution in [2.75, 3.05) is 26.2 Å². The van der Waals surface area contributed by atoms with Crippen molar-refractivity contribution in [3.8, 4) is 0 Å². The molecular weight excluding hydrogens is 224 g/mol. The van der Waals surface area contributed by atoms with Crippen molar-refractivity contribution in [2.24, 2.45) is 0 Å². The fourth-order valence-electron chi connectivity index (χ4n) is 3.47. The molecule has 1 saturated carbocycles. The van der Waals surface area contributed by atoms with Crippen LogP contribution in [0.15, 0.2) is 0 Å². The van der Waals surface area contributed by atoms with Crippen molar-refractivity contribution in [1.82, 2.24) is 10.2 Å². The van der Waals surface area contributed by atoms with Crippen molar-refractivity contribution in [3.05, 3.63) is 0 Å². The minimum atomic E-state index is 0.534. The average Bonchev–Trinajstić information content (AvgIpc) is 2.85. The van der Waals surface area contributed by atoms with Crippen molar-refractivity contribution in [2.45, 2.75) is 70.6 Å². The van der Waals surface area contributed by atoms with Gasteiger partial charge in [-0.05, 0) is 38.6 Å². The third kappa shape index (κ3) is 3.69. The molecule has 0 amide bonds. The Kier molecular flexibility index (Phi) is 5.93. The maximum atomic E-state index is 5.89. The molecule has 0 aromatic carbocycles. The molecule has 0 aromatic heterocycles. The van der Waals surface area contributed by atoms with E-state index in [0.717, 1.165) is 19.7 Å². The highest BCUT2D eigenvalue weighted by molar-refractivity contribution is 4.90. The van der Waals surface area contributed by atoms with Crippen LogP contribution in [-0.2, 0) is 4.74 Å². The van der Waals surface area contributed by atoms with Gasteiger partial charge in [-0.1, -0.05) is 20.3 Å².